The van der Waals surface area contributed by atoms with Gasteiger partial charge in [0.25, 0.3) is 11.5 Å². The Balaban J connectivity index is 1.38. The first-order valence-electron chi connectivity index (χ1n) is 11.4. The predicted molar refractivity (Wildman–Crippen MR) is 123 cm³/mol. The number of nitrogens with zero attached hydrogens (tertiary/aromatic N) is 6. The van der Waals surface area contributed by atoms with Crippen molar-refractivity contribution in [3.8, 4) is 11.5 Å². The molecule has 1 aromatic carbocycles. The highest BCUT2D eigenvalue weighted by Gasteiger charge is 2.27. The van der Waals surface area contributed by atoms with Crippen LogP contribution in [0.3, 0.4) is 0 Å². The molecule has 1 saturated heterocycles. The highest BCUT2D eigenvalue weighted by atomic mass is 16.6. The van der Waals surface area contributed by atoms with Crippen LogP contribution >= 0.6 is 0 Å². The van der Waals surface area contributed by atoms with E-state index in [0.717, 1.165) is 12.1 Å². The molecule has 4 heterocycles. The number of aromatic nitrogens is 4. The summed E-state index contributed by atoms with van der Waals surface area (Å²) in [6.45, 7) is 7.76. The van der Waals surface area contributed by atoms with Gasteiger partial charge in [-0.2, -0.15) is 5.10 Å². The molecule has 0 N–H and O–H groups in total. The number of rotatable bonds is 4. The number of piperazine rings is 1. The minimum absolute atomic E-state index is 0.0379. The van der Waals surface area contributed by atoms with E-state index in [9.17, 15) is 9.59 Å². The van der Waals surface area contributed by atoms with Gasteiger partial charge in [-0.05, 0) is 31.5 Å². The van der Waals surface area contributed by atoms with Gasteiger partial charge in [-0.25, -0.2) is 4.98 Å². The number of benzene rings is 1. The molecular weight excluding hydrogens is 424 g/mol. The Morgan fingerprint density at radius 1 is 1.09 bits per heavy atom. The quantitative estimate of drug-likeness (QED) is 0.593. The van der Waals surface area contributed by atoms with E-state index in [2.05, 4.69) is 10.00 Å². The molecular formula is C23H28N6O4. The molecule has 0 unspecified atom stereocenters. The highest BCUT2D eigenvalue weighted by Crippen LogP contribution is 2.31. The Hall–Kier alpha value is -3.56. The number of hydrogen-bond donors (Lipinski definition) is 0. The molecule has 0 atom stereocenters. The van der Waals surface area contributed by atoms with Gasteiger partial charge in [0.15, 0.2) is 17.0 Å². The third kappa shape index (κ3) is 3.69. The standard InChI is InChI=1S/C23H28N6O4/c1-4-7-29-22(31)20-19(15(2)25-26(20)3)24-23(29)28-10-8-27(9-11-28)21(30)16-5-6-17-18(14-16)33-13-12-32-17/h5-6,14H,4,7-13H2,1-3H3. The first kappa shape index (κ1) is 21.3. The van der Waals surface area contributed by atoms with Gasteiger partial charge in [-0.15, -0.1) is 0 Å². The number of ether oxygens (including phenoxy) is 2. The molecule has 10 heteroatoms. The summed E-state index contributed by atoms with van der Waals surface area (Å²) in [7, 11) is 1.77. The van der Waals surface area contributed by atoms with Crippen LogP contribution in [0, 0.1) is 6.92 Å². The molecule has 0 aliphatic carbocycles. The van der Waals surface area contributed by atoms with Crippen LogP contribution in [0.5, 0.6) is 11.5 Å². The van der Waals surface area contributed by atoms with Crippen molar-refractivity contribution in [3.05, 3.63) is 39.8 Å². The summed E-state index contributed by atoms with van der Waals surface area (Å²) in [6, 6.07) is 5.32. The van der Waals surface area contributed by atoms with Crippen molar-refractivity contribution in [2.75, 3.05) is 44.3 Å². The molecule has 1 amide bonds. The van der Waals surface area contributed by atoms with E-state index < -0.39 is 0 Å². The van der Waals surface area contributed by atoms with Crippen LogP contribution in [0.4, 0.5) is 5.95 Å². The third-order valence-electron chi connectivity index (χ3n) is 6.18. The number of aryl methyl sites for hydroxylation is 2. The van der Waals surface area contributed by atoms with E-state index in [4.69, 9.17) is 14.5 Å². The van der Waals surface area contributed by atoms with Crippen LogP contribution in [0.2, 0.25) is 0 Å². The Bertz CT molecular complexity index is 1270. The average molecular weight is 453 g/mol. The number of amides is 1. The molecule has 1 fully saturated rings. The third-order valence-corrected chi connectivity index (χ3v) is 6.18. The second-order valence-corrected chi connectivity index (χ2v) is 8.41. The minimum atomic E-state index is -0.0743. The summed E-state index contributed by atoms with van der Waals surface area (Å²) < 4.78 is 14.5. The minimum Gasteiger partial charge on any atom is -0.486 e. The smallest absolute Gasteiger partial charge is 0.281 e. The van der Waals surface area contributed by atoms with Gasteiger partial charge in [0.1, 0.15) is 18.7 Å². The van der Waals surface area contributed by atoms with E-state index in [1.165, 1.54) is 0 Å². The lowest BCUT2D eigenvalue weighted by molar-refractivity contribution is 0.0745. The van der Waals surface area contributed by atoms with Gasteiger partial charge < -0.3 is 19.3 Å². The van der Waals surface area contributed by atoms with Crippen LogP contribution in [-0.2, 0) is 13.6 Å². The molecule has 2 aliphatic rings. The van der Waals surface area contributed by atoms with Gasteiger partial charge >= 0.3 is 0 Å². The fourth-order valence-electron chi connectivity index (χ4n) is 4.53. The summed E-state index contributed by atoms with van der Waals surface area (Å²) in [4.78, 5) is 35.1. The van der Waals surface area contributed by atoms with Gasteiger partial charge in [-0.1, -0.05) is 6.92 Å². The first-order valence-corrected chi connectivity index (χ1v) is 11.4. The average Bonchev–Trinajstić information content (AvgIpc) is 3.13. The molecule has 3 aromatic rings. The second kappa shape index (κ2) is 8.42. The Labute approximate surface area is 191 Å². The molecule has 0 spiro atoms. The zero-order chi connectivity index (χ0) is 23.1. The van der Waals surface area contributed by atoms with Crippen LogP contribution in [0.1, 0.15) is 29.4 Å². The number of carbonyl (C=O) groups excluding carboxylic acids is 1. The molecule has 2 aliphatic heterocycles. The van der Waals surface area contributed by atoms with Gasteiger partial charge in [-0.3, -0.25) is 18.8 Å². The molecule has 2 aromatic heterocycles. The van der Waals surface area contributed by atoms with Gasteiger partial charge in [0.2, 0.25) is 5.95 Å². The normalized spacial score (nSPS) is 15.8. The molecule has 174 valence electrons. The maximum atomic E-state index is 13.2. The zero-order valence-corrected chi connectivity index (χ0v) is 19.2. The maximum Gasteiger partial charge on any atom is 0.281 e. The van der Waals surface area contributed by atoms with Crippen LogP contribution in [0.15, 0.2) is 23.0 Å². The monoisotopic (exact) mass is 452 g/mol. The predicted octanol–water partition coefficient (Wildman–Crippen LogP) is 1.58. The largest absolute Gasteiger partial charge is 0.486 e. The first-order chi connectivity index (χ1) is 16.0. The maximum absolute atomic E-state index is 13.2. The van der Waals surface area contributed by atoms with Crippen molar-refractivity contribution in [1.29, 1.82) is 0 Å². The lowest BCUT2D eigenvalue weighted by Crippen LogP contribution is -2.50. The zero-order valence-electron chi connectivity index (χ0n) is 19.2. The molecule has 0 radical (unpaired) electrons. The Kier molecular flexibility index (Phi) is 5.43. The van der Waals surface area contributed by atoms with Crippen molar-refractivity contribution in [3.63, 3.8) is 0 Å². The molecule has 10 nitrogen and oxygen atoms in total. The summed E-state index contributed by atoms with van der Waals surface area (Å²) in [5, 5.41) is 4.39. The van der Waals surface area contributed by atoms with Crippen molar-refractivity contribution in [2.24, 2.45) is 7.05 Å². The fraction of sp³-hybridized carbons (Fsp3) is 0.478. The van der Waals surface area contributed by atoms with Gasteiger partial charge in [0, 0.05) is 45.3 Å². The van der Waals surface area contributed by atoms with Crippen LogP contribution < -0.4 is 19.9 Å². The molecule has 33 heavy (non-hydrogen) atoms. The van der Waals surface area contributed by atoms with E-state index in [1.54, 1.807) is 34.5 Å². The number of carbonyl (C=O) groups is 1. The van der Waals surface area contributed by atoms with E-state index in [-0.39, 0.29) is 11.5 Å². The van der Waals surface area contributed by atoms with E-state index >= 15 is 0 Å². The number of fused-ring (bicyclic) bond motifs is 2. The van der Waals surface area contributed by atoms with Crippen molar-refractivity contribution < 1.29 is 14.3 Å². The van der Waals surface area contributed by atoms with Gasteiger partial charge in [0.05, 0.1) is 5.69 Å². The summed E-state index contributed by atoms with van der Waals surface area (Å²) in [5.41, 5.74) is 2.41. The summed E-state index contributed by atoms with van der Waals surface area (Å²) >= 11 is 0. The van der Waals surface area contributed by atoms with E-state index in [1.807, 2.05) is 18.7 Å². The topological polar surface area (TPSA) is 94.7 Å². The Morgan fingerprint density at radius 3 is 2.55 bits per heavy atom. The van der Waals surface area contributed by atoms with Crippen molar-refractivity contribution in [2.45, 2.75) is 26.8 Å². The number of hydrogen-bond acceptors (Lipinski definition) is 7. The molecule has 0 bridgehead atoms. The second-order valence-electron chi connectivity index (χ2n) is 8.41. The lowest BCUT2D eigenvalue weighted by Gasteiger charge is -2.36. The molecule has 0 saturated carbocycles. The highest BCUT2D eigenvalue weighted by molar-refractivity contribution is 5.95. The fourth-order valence-corrected chi connectivity index (χ4v) is 4.53. The summed E-state index contributed by atoms with van der Waals surface area (Å²) in [5.74, 6) is 1.89. The van der Waals surface area contributed by atoms with Crippen LogP contribution in [0.25, 0.3) is 11.0 Å². The molecule has 5 rings (SSSR count). The lowest BCUT2D eigenvalue weighted by atomic mass is 10.1. The van der Waals surface area contributed by atoms with Crippen LogP contribution in [-0.4, -0.2) is 69.5 Å². The van der Waals surface area contributed by atoms with Crippen molar-refractivity contribution >= 4 is 22.9 Å². The van der Waals surface area contributed by atoms with Crippen molar-refractivity contribution in [1.82, 2.24) is 24.2 Å². The summed E-state index contributed by atoms with van der Waals surface area (Å²) in [6.07, 6.45) is 0.819. The van der Waals surface area contributed by atoms with E-state index in [0.29, 0.717) is 80.0 Å². The number of anilines is 1. The Morgan fingerprint density at radius 2 is 1.82 bits per heavy atom. The SMILES string of the molecule is CCCn1c(N2CCN(C(=O)c3ccc4c(c3)OCCO4)CC2)nc2c(C)nn(C)c2c1=O.